The first-order valence-electron chi connectivity index (χ1n) is 5.05. The predicted octanol–water partition coefficient (Wildman–Crippen LogP) is 2.50. The van der Waals surface area contributed by atoms with Gasteiger partial charge in [-0.1, -0.05) is 35.5 Å². The molecule has 2 rings (SSSR count). The van der Waals surface area contributed by atoms with Crippen LogP contribution >= 0.6 is 0 Å². The summed E-state index contributed by atoms with van der Waals surface area (Å²) >= 11 is 0. The number of aromatic nitrogens is 1. The van der Waals surface area contributed by atoms with Gasteiger partial charge in [0.15, 0.2) is 0 Å². The van der Waals surface area contributed by atoms with Gasteiger partial charge in [0.2, 0.25) is 0 Å². The molecule has 2 aromatic rings. The predicted molar refractivity (Wildman–Crippen MR) is 62.7 cm³/mol. The van der Waals surface area contributed by atoms with Crippen molar-refractivity contribution in [2.45, 2.75) is 6.42 Å². The summed E-state index contributed by atoms with van der Waals surface area (Å²) in [5.74, 6) is 0. The molecule has 1 aromatic heterocycles. The van der Waals surface area contributed by atoms with Crippen molar-refractivity contribution in [1.29, 1.82) is 0 Å². The fraction of sp³-hybridized carbons (Fsp3) is 0.0769. The number of nitrogens with zero attached hydrogens (tertiary/aromatic N) is 2. The number of hydrogen-bond donors (Lipinski definition) is 1. The number of benzene rings is 1. The number of rotatable bonds is 3. The van der Waals surface area contributed by atoms with Crippen LogP contribution in [0.4, 0.5) is 0 Å². The molecule has 0 saturated carbocycles. The summed E-state index contributed by atoms with van der Waals surface area (Å²) in [6, 6.07) is 13.6. The van der Waals surface area contributed by atoms with Crippen molar-refractivity contribution in [3.63, 3.8) is 0 Å². The molecule has 0 radical (unpaired) electrons. The second kappa shape index (κ2) is 5.07. The minimum atomic E-state index is 0.600. The van der Waals surface area contributed by atoms with Crippen molar-refractivity contribution < 1.29 is 5.21 Å². The standard InChI is InChI=1S/C13H12N2O/c16-15-13(12-7-4-8-14-10-12)9-11-5-2-1-3-6-11/h1-8,10,16H,9H2. The van der Waals surface area contributed by atoms with E-state index < -0.39 is 0 Å². The molecule has 3 heteroatoms. The summed E-state index contributed by atoms with van der Waals surface area (Å²) in [5, 5.41) is 12.3. The molecule has 0 amide bonds. The summed E-state index contributed by atoms with van der Waals surface area (Å²) in [6.07, 6.45) is 3.99. The Hall–Kier alpha value is -2.16. The number of oxime groups is 1. The molecule has 0 unspecified atom stereocenters. The van der Waals surface area contributed by atoms with Crippen molar-refractivity contribution in [3.8, 4) is 0 Å². The van der Waals surface area contributed by atoms with E-state index in [2.05, 4.69) is 10.1 Å². The SMILES string of the molecule is ON=C(Cc1ccccc1)c1cccnc1. The number of pyridine rings is 1. The van der Waals surface area contributed by atoms with Crippen LogP contribution in [0.1, 0.15) is 11.1 Å². The maximum absolute atomic E-state index is 9.00. The highest BCUT2D eigenvalue weighted by Crippen LogP contribution is 2.07. The third-order valence-electron chi connectivity index (χ3n) is 2.33. The Kier molecular flexibility index (Phi) is 3.28. The van der Waals surface area contributed by atoms with Gasteiger partial charge in [0.05, 0.1) is 5.71 Å². The average Bonchev–Trinajstić information content (AvgIpc) is 2.38. The zero-order valence-electron chi connectivity index (χ0n) is 8.74. The molecule has 3 nitrogen and oxygen atoms in total. The molecule has 0 fully saturated rings. The maximum atomic E-state index is 9.00. The van der Waals surface area contributed by atoms with Gasteiger partial charge in [0.25, 0.3) is 0 Å². The Morgan fingerprint density at radius 1 is 1.12 bits per heavy atom. The Morgan fingerprint density at radius 2 is 1.94 bits per heavy atom. The van der Waals surface area contributed by atoms with Gasteiger partial charge in [-0.3, -0.25) is 4.98 Å². The van der Waals surface area contributed by atoms with Crippen LogP contribution in [0, 0.1) is 0 Å². The van der Waals surface area contributed by atoms with E-state index >= 15 is 0 Å². The average molecular weight is 212 g/mol. The fourth-order valence-corrected chi connectivity index (χ4v) is 1.52. The minimum Gasteiger partial charge on any atom is -0.411 e. The van der Waals surface area contributed by atoms with Crippen molar-refractivity contribution in [3.05, 3.63) is 66.0 Å². The van der Waals surface area contributed by atoms with E-state index in [0.717, 1.165) is 11.1 Å². The molecule has 16 heavy (non-hydrogen) atoms. The summed E-state index contributed by atoms with van der Waals surface area (Å²) in [5.41, 5.74) is 2.58. The third-order valence-corrected chi connectivity index (χ3v) is 2.33. The van der Waals surface area contributed by atoms with Crippen LogP contribution in [0.2, 0.25) is 0 Å². The van der Waals surface area contributed by atoms with E-state index in [9.17, 15) is 0 Å². The largest absolute Gasteiger partial charge is 0.411 e. The minimum absolute atomic E-state index is 0.600. The second-order valence-corrected chi connectivity index (χ2v) is 3.45. The Balaban J connectivity index is 2.20. The van der Waals surface area contributed by atoms with Crippen LogP contribution in [0.5, 0.6) is 0 Å². The molecule has 0 bridgehead atoms. The lowest BCUT2D eigenvalue weighted by molar-refractivity contribution is 0.318. The smallest absolute Gasteiger partial charge is 0.0926 e. The first-order valence-corrected chi connectivity index (χ1v) is 5.05. The molecular formula is C13H12N2O. The van der Waals surface area contributed by atoms with Crippen molar-refractivity contribution in [1.82, 2.24) is 4.98 Å². The molecular weight excluding hydrogens is 200 g/mol. The first-order chi connectivity index (χ1) is 7.90. The molecule has 0 atom stereocenters. The molecule has 0 aliphatic heterocycles. The van der Waals surface area contributed by atoms with E-state index in [4.69, 9.17) is 5.21 Å². The van der Waals surface area contributed by atoms with Crippen LogP contribution in [0.15, 0.2) is 60.0 Å². The zero-order valence-corrected chi connectivity index (χ0v) is 8.74. The fourth-order valence-electron chi connectivity index (χ4n) is 1.52. The van der Waals surface area contributed by atoms with Gasteiger partial charge in [-0.05, 0) is 17.7 Å². The molecule has 0 saturated heterocycles. The molecule has 1 N–H and O–H groups in total. The summed E-state index contributed by atoms with van der Waals surface area (Å²) in [4.78, 5) is 4.00. The van der Waals surface area contributed by atoms with Gasteiger partial charge in [-0.2, -0.15) is 0 Å². The lowest BCUT2D eigenvalue weighted by Gasteiger charge is -2.03. The van der Waals surface area contributed by atoms with Gasteiger partial charge in [0, 0.05) is 24.4 Å². The normalized spacial score (nSPS) is 11.4. The van der Waals surface area contributed by atoms with Crippen LogP contribution in [-0.2, 0) is 6.42 Å². The van der Waals surface area contributed by atoms with E-state index in [1.165, 1.54) is 0 Å². The van der Waals surface area contributed by atoms with Crippen LogP contribution in [0.25, 0.3) is 0 Å². The molecule has 80 valence electrons. The van der Waals surface area contributed by atoms with E-state index in [1.807, 2.05) is 42.5 Å². The highest BCUT2D eigenvalue weighted by molar-refractivity contribution is 6.01. The Bertz CT molecular complexity index is 466. The summed E-state index contributed by atoms with van der Waals surface area (Å²) in [7, 11) is 0. The van der Waals surface area contributed by atoms with Crippen molar-refractivity contribution >= 4 is 5.71 Å². The zero-order chi connectivity index (χ0) is 11.2. The van der Waals surface area contributed by atoms with Gasteiger partial charge in [-0.25, -0.2) is 0 Å². The van der Waals surface area contributed by atoms with Gasteiger partial charge in [0.1, 0.15) is 0 Å². The quantitative estimate of drug-likeness (QED) is 0.482. The summed E-state index contributed by atoms with van der Waals surface area (Å²) in [6.45, 7) is 0. The Morgan fingerprint density at radius 3 is 2.56 bits per heavy atom. The Labute approximate surface area is 94.1 Å². The van der Waals surface area contributed by atoms with Gasteiger partial charge < -0.3 is 5.21 Å². The monoisotopic (exact) mass is 212 g/mol. The first kappa shape index (κ1) is 10.4. The lowest BCUT2D eigenvalue weighted by atomic mass is 10.0. The molecule has 1 aromatic carbocycles. The molecule has 1 heterocycles. The van der Waals surface area contributed by atoms with E-state index in [-0.39, 0.29) is 0 Å². The van der Waals surface area contributed by atoms with Crippen LogP contribution in [0.3, 0.4) is 0 Å². The molecule has 0 spiro atoms. The topological polar surface area (TPSA) is 45.5 Å². The van der Waals surface area contributed by atoms with Crippen molar-refractivity contribution in [2.75, 3.05) is 0 Å². The van der Waals surface area contributed by atoms with Crippen molar-refractivity contribution in [2.24, 2.45) is 5.16 Å². The lowest BCUT2D eigenvalue weighted by Crippen LogP contribution is -2.05. The van der Waals surface area contributed by atoms with E-state index in [0.29, 0.717) is 12.1 Å². The third kappa shape index (κ3) is 2.45. The highest BCUT2D eigenvalue weighted by atomic mass is 16.4. The molecule has 0 aliphatic carbocycles. The van der Waals surface area contributed by atoms with E-state index in [1.54, 1.807) is 12.4 Å². The van der Waals surface area contributed by atoms with Crippen LogP contribution in [-0.4, -0.2) is 15.9 Å². The van der Waals surface area contributed by atoms with Gasteiger partial charge >= 0.3 is 0 Å². The van der Waals surface area contributed by atoms with Crippen LogP contribution < -0.4 is 0 Å². The second-order valence-electron chi connectivity index (χ2n) is 3.45. The highest BCUT2D eigenvalue weighted by Gasteiger charge is 2.05. The number of hydrogen-bond acceptors (Lipinski definition) is 3. The maximum Gasteiger partial charge on any atom is 0.0926 e. The van der Waals surface area contributed by atoms with Gasteiger partial charge in [-0.15, -0.1) is 0 Å². The summed E-state index contributed by atoms with van der Waals surface area (Å²) < 4.78 is 0. The molecule has 0 aliphatic rings.